The van der Waals surface area contributed by atoms with E-state index in [1.165, 1.54) is 6.92 Å². The molecule has 2 N–H and O–H groups in total. The summed E-state index contributed by atoms with van der Waals surface area (Å²) in [6, 6.07) is 21.7. The van der Waals surface area contributed by atoms with E-state index < -0.39 is 0 Å². The maximum Gasteiger partial charge on any atom is 0.229 e. The number of nitrogens with zero attached hydrogens (tertiary/aromatic N) is 1. The first-order valence-electron chi connectivity index (χ1n) is 8.94. The van der Waals surface area contributed by atoms with Gasteiger partial charge in [-0.15, -0.1) is 0 Å². The number of carbonyl (C=O) groups excluding carboxylic acids is 1. The van der Waals surface area contributed by atoms with Gasteiger partial charge in [-0.1, -0.05) is 54.1 Å². The van der Waals surface area contributed by atoms with Crippen LogP contribution in [-0.4, -0.2) is 16.0 Å². The number of hydrogen-bond donors (Lipinski definition) is 2. The van der Waals surface area contributed by atoms with E-state index in [4.69, 9.17) is 16.0 Å². The lowest BCUT2D eigenvalue weighted by Crippen LogP contribution is -2.05. The Morgan fingerprint density at radius 3 is 2.41 bits per heavy atom. The van der Waals surface area contributed by atoms with E-state index in [2.05, 4.69) is 10.3 Å². The highest BCUT2D eigenvalue weighted by Crippen LogP contribution is 2.38. The second-order valence-electron chi connectivity index (χ2n) is 6.48. The van der Waals surface area contributed by atoms with E-state index in [1.807, 2.05) is 42.5 Å². The van der Waals surface area contributed by atoms with Crippen LogP contribution >= 0.6 is 11.6 Å². The second-order valence-corrected chi connectivity index (χ2v) is 6.92. The topological polar surface area (TPSA) is 75.4 Å². The van der Waals surface area contributed by atoms with E-state index in [-0.39, 0.29) is 17.5 Å². The van der Waals surface area contributed by atoms with E-state index in [0.29, 0.717) is 16.6 Å². The Balaban J connectivity index is 1.88. The average molecular weight is 405 g/mol. The van der Waals surface area contributed by atoms with Crippen molar-refractivity contribution in [2.45, 2.75) is 6.92 Å². The van der Waals surface area contributed by atoms with Crippen LogP contribution < -0.4 is 5.32 Å². The molecule has 0 unspecified atom stereocenters. The maximum atomic E-state index is 11.7. The zero-order chi connectivity index (χ0) is 20.4. The summed E-state index contributed by atoms with van der Waals surface area (Å²) < 4.78 is 5.95. The van der Waals surface area contributed by atoms with Crippen LogP contribution in [0.1, 0.15) is 6.92 Å². The fourth-order valence-corrected chi connectivity index (χ4v) is 3.30. The highest BCUT2D eigenvalue weighted by Gasteiger charge is 2.20. The number of benzene rings is 3. The number of carbonyl (C=O) groups is 1. The number of halogens is 1. The molecule has 4 rings (SSSR count). The lowest BCUT2D eigenvalue weighted by Gasteiger charge is -2.07. The summed E-state index contributed by atoms with van der Waals surface area (Å²) in [7, 11) is 0. The minimum atomic E-state index is -0.266. The van der Waals surface area contributed by atoms with Crippen molar-refractivity contribution in [2.75, 3.05) is 5.32 Å². The highest BCUT2D eigenvalue weighted by molar-refractivity contribution is 6.30. The Kier molecular flexibility index (Phi) is 5.06. The minimum Gasteiger partial charge on any atom is -0.508 e. The van der Waals surface area contributed by atoms with E-state index in [1.54, 1.807) is 30.3 Å². The number of hydrogen-bond acceptors (Lipinski definition) is 4. The van der Waals surface area contributed by atoms with Crippen molar-refractivity contribution in [3.8, 4) is 39.6 Å². The van der Waals surface area contributed by atoms with Crippen LogP contribution in [0.15, 0.2) is 77.2 Å². The van der Waals surface area contributed by atoms with Crippen molar-refractivity contribution >= 4 is 23.4 Å². The first-order chi connectivity index (χ1) is 14.0. The Hall–Kier alpha value is -3.57. The maximum absolute atomic E-state index is 11.7. The smallest absolute Gasteiger partial charge is 0.229 e. The highest BCUT2D eigenvalue weighted by atomic mass is 35.5. The molecule has 0 bridgehead atoms. The van der Waals surface area contributed by atoms with Crippen LogP contribution in [0.3, 0.4) is 0 Å². The Morgan fingerprint density at radius 1 is 0.966 bits per heavy atom. The number of nitrogens with one attached hydrogen (secondary N) is 1. The Labute approximate surface area is 172 Å². The molecule has 0 saturated carbocycles. The van der Waals surface area contributed by atoms with Gasteiger partial charge >= 0.3 is 0 Å². The molecule has 4 aromatic rings. The standard InChI is InChI=1S/C23H17ClN2O3/c1-14(27)25-23-21(16-7-4-8-17(24)12-16)26-22(29-23)20-11-3-2-10-19(20)15-6-5-9-18(28)13-15/h2-13,28H,1H3,(H,25,27). The third-order valence-electron chi connectivity index (χ3n) is 4.33. The van der Waals surface area contributed by atoms with Gasteiger partial charge in [0.1, 0.15) is 11.4 Å². The third kappa shape index (κ3) is 4.00. The predicted molar refractivity (Wildman–Crippen MR) is 114 cm³/mol. The molecule has 0 saturated heterocycles. The number of phenolic OH excluding ortho intramolecular Hbond substituents is 1. The molecule has 0 radical (unpaired) electrons. The van der Waals surface area contributed by atoms with Crippen LogP contribution in [0.5, 0.6) is 5.75 Å². The molecule has 0 aliphatic rings. The normalized spacial score (nSPS) is 10.7. The van der Waals surface area contributed by atoms with Gasteiger partial charge < -0.3 is 9.52 Å². The summed E-state index contributed by atoms with van der Waals surface area (Å²) in [5.41, 5.74) is 3.62. The van der Waals surface area contributed by atoms with E-state index in [9.17, 15) is 9.90 Å². The van der Waals surface area contributed by atoms with Gasteiger partial charge in [0.15, 0.2) is 0 Å². The average Bonchev–Trinajstić information content (AvgIpc) is 3.11. The molecule has 0 fully saturated rings. The van der Waals surface area contributed by atoms with Crippen LogP contribution in [0, 0.1) is 0 Å². The van der Waals surface area contributed by atoms with Crippen molar-refractivity contribution in [3.05, 3.63) is 77.8 Å². The Bertz CT molecular complexity index is 1200. The zero-order valence-corrected chi connectivity index (χ0v) is 16.3. The molecule has 144 valence electrons. The largest absolute Gasteiger partial charge is 0.508 e. The molecule has 0 aliphatic heterocycles. The monoisotopic (exact) mass is 404 g/mol. The molecular weight excluding hydrogens is 388 g/mol. The molecule has 1 heterocycles. The molecule has 0 atom stereocenters. The third-order valence-corrected chi connectivity index (χ3v) is 4.56. The van der Waals surface area contributed by atoms with Gasteiger partial charge in [-0.3, -0.25) is 10.1 Å². The lowest BCUT2D eigenvalue weighted by molar-refractivity contribution is -0.114. The molecule has 6 heteroatoms. The van der Waals surface area contributed by atoms with Crippen LogP contribution in [0.4, 0.5) is 5.88 Å². The van der Waals surface area contributed by atoms with Crippen LogP contribution in [0.2, 0.25) is 5.02 Å². The van der Waals surface area contributed by atoms with Gasteiger partial charge in [0, 0.05) is 23.1 Å². The van der Waals surface area contributed by atoms with Gasteiger partial charge in [0.2, 0.25) is 17.7 Å². The number of oxazole rings is 1. The van der Waals surface area contributed by atoms with Gasteiger partial charge in [-0.05, 0) is 41.5 Å². The molecule has 1 aromatic heterocycles. The molecular formula is C23H17ClN2O3. The van der Waals surface area contributed by atoms with Crippen molar-refractivity contribution in [1.82, 2.24) is 4.98 Å². The number of phenols is 1. The quantitative estimate of drug-likeness (QED) is 0.438. The number of anilines is 1. The molecule has 3 aromatic carbocycles. The van der Waals surface area contributed by atoms with E-state index in [0.717, 1.165) is 22.3 Å². The van der Waals surface area contributed by atoms with E-state index >= 15 is 0 Å². The fraction of sp³-hybridized carbons (Fsp3) is 0.0435. The first kappa shape index (κ1) is 18.8. The SMILES string of the molecule is CC(=O)Nc1oc(-c2ccccc2-c2cccc(O)c2)nc1-c1cccc(Cl)c1. The van der Waals surface area contributed by atoms with Gasteiger partial charge in [0.25, 0.3) is 0 Å². The van der Waals surface area contributed by atoms with Crippen molar-refractivity contribution in [2.24, 2.45) is 0 Å². The second kappa shape index (κ2) is 7.81. The van der Waals surface area contributed by atoms with Gasteiger partial charge in [0.05, 0.1) is 0 Å². The number of amides is 1. The zero-order valence-electron chi connectivity index (χ0n) is 15.5. The summed E-state index contributed by atoms with van der Waals surface area (Å²) >= 11 is 6.13. The first-order valence-corrected chi connectivity index (χ1v) is 9.32. The summed E-state index contributed by atoms with van der Waals surface area (Å²) in [5, 5.41) is 13.1. The number of aromatic hydroxyl groups is 1. The van der Waals surface area contributed by atoms with Crippen LogP contribution in [0.25, 0.3) is 33.8 Å². The lowest BCUT2D eigenvalue weighted by atomic mass is 9.99. The predicted octanol–water partition coefficient (Wildman–Crippen LogP) is 5.99. The molecule has 1 amide bonds. The van der Waals surface area contributed by atoms with Crippen molar-refractivity contribution in [1.29, 1.82) is 0 Å². The Morgan fingerprint density at radius 2 is 1.69 bits per heavy atom. The number of aromatic nitrogens is 1. The minimum absolute atomic E-state index is 0.170. The van der Waals surface area contributed by atoms with Crippen molar-refractivity contribution < 1.29 is 14.3 Å². The summed E-state index contributed by atoms with van der Waals surface area (Å²) in [4.78, 5) is 16.3. The van der Waals surface area contributed by atoms with Crippen molar-refractivity contribution in [3.63, 3.8) is 0 Å². The molecule has 29 heavy (non-hydrogen) atoms. The number of rotatable bonds is 4. The fourth-order valence-electron chi connectivity index (χ4n) is 3.11. The van der Waals surface area contributed by atoms with Gasteiger partial charge in [-0.25, -0.2) is 4.98 Å². The summed E-state index contributed by atoms with van der Waals surface area (Å²) in [6.45, 7) is 1.41. The van der Waals surface area contributed by atoms with Crippen LogP contribution in [-0.2, 0) is 4.79 Å². The summed E-state index contributed by atoms with van der Waals surface area (Å²) in [6.07, 6.45) is 0. The summed E-state index contributed by atoms with van der Waals surface area (Å²) in [5.74, 6) is 0.503. The van der Waals surface area contributed by atoms with Gasteiger partial charge in [-0.2, -0.15) is 0 Å². The molecule has 5 nitrogen and oxygen atoms in total. The molecule has 0 aliphatic carbocycles. The molecule has 0 spiro atoms.